The quantitative estimate of drug-likeness (QED) is 0.200. The van der Waals surface area contributed by atoms with Crippen LogP contribution in [0.15, 0.2) is 36.9 Å². The van der Waals surface area contributed by atoms with E-state index < -0.39 is 0 Å². The summed E-state index contributed by atoms with van der Waals surface area (Å²) >= 11 is 0. The summed E-state index contributed by atoms with van der Waals surface area (Å²) < 4.78 is 0. The molecule has 0 bridgehead atoms. The maximum Gasteiger partial charge on any atom is 0.253 e. The maximum absolute atomic E-state index is 13.1. The first-order valence-corrected chi connectivity index (χ1v) is 11.7. The lowest BCUT2D eigenvalue weighted by Gasteiger charge is -2.23. The van der Waals surface area contributed by atoms with Crippen molar-refractivity contribution >= 4 is 5.91 Å². The van der Waals surface area contributed by atoms with Crippen LogP contribution in [0, 0.1) is 0 Å². The van der Waals surface area contributed by atoms with Crippen LogP contribution < -0.4 is 0 Å². The van der Waals surface area contributed by atoms with E-state index in [1.54, 1.807) is 0 Å². The Kier molecular flexibility index (Phi) is 14.3. The minimum atomic E-state index is 0.201. The smallest absolute Gasteiger partial charge is 0.253 e. The van der Waals surface area contributed by atoms with Gasteiger partial charge in [-0.1, -0.05) is 96.3 Å². The SMILES string of the molecule is C=CCc1ccc(C(=O)N(CCCCCCCC)CCCCCCCC)cc1. The average Bonchev–Trinajstić information content (AvgIpc) is 2.72. The summed E-state index contributed by atoms with van der Waals surface area (Å²) in [5, 5.41) is 0. The fraction of sp³-hybridized carbons (Fsp3) is 0.654. The summed E-state index contributed by atoms with van der Waals surface area (Å²) in [6, 6.07) is 8.08. The molecule has 0 radical (unpaired) electrons. The highest BCUT2D eigenvalue weighted by atomic mass is 16.2. The van der Waals surface area contributed by atoms with Crippen LogP contribution in [0.3, 0.4) is 0 Å². The van der Waals surface area contributed by atoms with Crippen LogP contribution in [0.2, 0.25) is 0 Å². The van der Waals surface area contributed by atoms with Gasteiger partial charge in [-0.25, -0.2) is 0 Å². The molecule has 28 heavy (non-hydrogen) atoms. The second kappa shape index (κ2) is 16.4. The van der Waals surface area contributed by atoms with E-state index in [2.05, 4.69) is 37.5 Å². The van der Waals surface area contributed by atoms with Crippen molar-refractivity contribution in [1.29, 1.82) is 0 Å². The fourth-order valence-electron chi connectivity index (χ4n) is 3.61. The zero-order valence-corrected chi connectivity index (χ0v) is 18.6. The van der Waals surface area contributed by atoms with Crippen LogP contribution in [0.1, 0.15) is 107 Å². The van der Waals surface area contributed by atoms with Crippen LogP contribution in [-0.2, 0) is 6.42 Å². The monoisotopic (exact) mass is 385 g/mol. The van der Waals surface area contributed by atoms with E-state index in [0.717, 1.165) is 37.9 Å². The molecule has 0 aliphatic carbocycles. The van der Waals surface area contributed by atoms with Crippen molar-refractivity contribution < 1.29 is 4.79 Å². The second-order valence-electron chi connectivity index (χ2n) is 8.02. The fourth-order valence-corrected chi connectivity index (χ4v) is 3.61. The number of unbranched alkanes of at least 4 members (excludes halogenated alkanes) is 10. The summed E-state index contributed by atoms with van der Waals surface area (Å²) in [6.45, 7) is 10.1. The van der Waals surface area contributed by atoms with Gasteiger partial charge >= 0.3 is 0 Å². The zero-order chi connectivity index (χ0) is 20.5. The predicted molar refractivity (Wildman–Crippen MR) is 123 cm³/mol. The van der Waals surface area contributed by atoms with Gasteiger partial charge in [-0.05, 0) is 37.0 Å². The second-order valence-corrected chi connectivity index (χ2v) is 8.02. The molecule has 0 spiro atoms. The Labute approximate surface area is 174 Å². The Morgan fingerprint density at radius 3 is 1.71 bits per heavy atom. The van der Waals surface area contributed by atoms with Crippen molar-refractivity contribution in [2.45, 2.75) is 97.3 Å². The number of hydrogen-bond acceptors (Lipinski definition) is 1. The molecule has 0 heterocycles. The lowest BCUT2D eigenvalue weighted by molar-refractivity contribution is 0.0749. The van der Waals surface area contributed by atoms with E-state index >= 15 is 0 Å². The van der Waals surface area contributed by atoms with E-state index in [9.17, 15) is 4.79 Å². The highest BCUT2D eigenvalue weighted by molar-refractivity contribution is 5.94. The summed E-state index contributed by atoms with van der Waals surface area (Å²) in [7, 11) is 0. The number of allylic oxidation sites excluding steroid dienone is 1. The minimum absolute atomic E-state index is 0.201. The first-order chi connectivity index (χ1) is 13.7. The van der Waals surface area contributed by atoms with E-state index in [0.29, 0.717) is 0 Å². The van der Waals surface area contributed by atoms with Crippen LogP contribution in [-0.4, -0.2) is 23.9 Å². The predicted octanol–water partition coefficient (Wildman–Crippen LogP) is 7.58. The Morgan fingerprint density at radius 1 is 0.786 bits per heavy atom. The van der Waals surface area contributed by atoms with Gasteiger partial charge in [0.25, 0.3) is 5.91 Å². The minimum Gasteiger partial charge on any atom is -0.339 e. The Hall–Kier alpha value is -1.57. The zero-order valence-electron chi connectivity index (χ0n) is 18.6. The number of amides is 1. The van der Waals surface area contributed by atoms with Gasteiger partial charge in [0.2, 0.25) is 0 Å². The first-order valence-electron chi connectivity index (χ1n) is 11.7. The van der Waals surface area contributed by atoms with Crippen molar-refractivity contribution in [1.82, 2.24) is 4.90 Å². The molecule has 0 aromatic heterocycles. The van der Waals surface area contributed by atoms with Crippen molar-refractivity contribution in [3.8, 4) is 0 Å². The Balaban J connectivity index is 2.53. The summed E-state index contributed by atoms with van der Waals surface area (Å²) in [5.41, 5.74) is 2.04. The molecular formula is C26H43NO. The van der Waals surface area contributed by atoms with Gasteiger partial charge in [-0.2, -0.15) is 0 Å². The highest BCUT2D eigenvalue weighted by Gasteiger charge is 2.15. The van der Waals surface area contributed by atoms with Crippen LogP contribution >= 0.6 is 0 Å². The van der Waals surface area contributed by atoms with E-state index in [1.165, 1.54) is 69.8 Å². The third-order valence-corrected chi connectivity index (χ3v) is 5.43. The molecular weight excluding hydrogens is 342 g/mol. The van der Waals surface area contributed by atoms with E-state index in [-0.39, 0.29) is 5.91 Å². The molecule has 0 aliphatic rings. The Bertz CT molecular complexity index is 504. The topological polar surface area (TPSA) is 20.3 Å². The van der Waals surface area contributed by atoms with Gasteiger partial charge in [-0.3, -0.25) is 4.79 Å². The highest BCUT2D eigenvalue weighted by Crippen LogP contribution is 2.13. The molecule has 0 saturated carbocycles. The molecule has 1 rings (SSSR count). The lowest BCUT2D eigenvalue weighted by atomic mass is 10.1. The molecule has 0 N–H and O–H groups in total. The van der Waals surface area contributed by atoms with Crippen LogP contribution in [0.25, 0.3) is 0 Å². The molecule has 1 aromatic carbocycles. The number of carbonyl (C=O) groups is 1. The van der Waals surface area contributed by atoms with Gasteiger partial charge < -0.3 is 4.90 Å². The first kappa shape index (κ1) is 24.5. The van der Waals surface area contributed by atoms with Gasteiger partial charge in [0.1, 0.15) is 0 Å². The van der Waals surface area contributed by atoms with Crippen molar-refractivity contribution in [2.75, 3.05) is 13.1 Å². The van der Waals surface area contributed by atoms with Gasteiger partial charge in [0.05, 0.1) is 0 Å². The Morgan fingerprint density at radius 2 is 1.25 bits per heavy atom. The van der Waals surface area contributed by atoms with E-state index in [1.807, 2.05) is 18.2 Å². The molecule has 0 aliphatic heterocycles. The van der Waals surface area contributed by atoms with E-state index in [4.69, 9.17) is 0 Å². The largest absolute Gasteiger partial charge is 0.339 e. The molecule has 2 nitrogen and oxygen atoms in total. The van der Waals surface area contributed by atoms with Crippen LogP contribution in [0.5, 0.6) is 0 Å². The number of hydrogen-bond donors (Lipinski definition) is 0. The standard InChI is InChI=1S/C26H43NO/c1-4-7-9-11-13-15-22-27(23-16-14-12-10-8-5-2)26(28)25-20-18-24(17-6-3)19-21-25/h6,18-21H,3-5,7-17,22-23H2,1-2H3. The molecule has 0 atom stereocenters. The third-order valence-electron chi connectivity index (χ3n) is 5.43. The van der Waals surface area contributed by atoms with Gasteiger partial charge in [0, 0.05) is 18.7 Å². The van der Waals surface area contributed by atoms with Gasteiger partial charge in [0.15, 0.2) is 0 Å². The number of benzene rings is 1. The number of rotatable bonds is 17. The summed E-state index contributed by atoms with van der Waals surface area (Å²) in [4.78, 5) is 15.2. The van der Waals surface area contributed by atoms with Crippen molar-refractivity contribution in [3.05, 3.63) is 48.0 Å². The molecule has 0 fully saturated rings. The average molecular weight is 386 g/mol. The molecule has 1 amide bonds. The number of carbonyl (C=O) groups excluding carboxylic acids is 1. The molecule has 158 valence electrons. The van der Waals surface area contributed by atoms with Crippen molar-refractivity contribution in [3.63, 3.8) is 0 Å². The molecule has 1 aromatic rings. The normalized spacial score (nSPS) is 10.8. The van der Waals surface area contributed by atoms with Crippen LogP contribution in [0.4, 0.5) is 0 Å². The van der Waals surface area contributed by atoms with Gasteiger partial charge in [-0.15, -0.1) is 6.58 Å². The maximum atomic E-state index is 13.1. The molecule has 0 saturated heterocycles. The lowest BCUT2D eigenvalue weighted by Crippen LogP contribution is -2.33. The number of nitrogens with zero attached hydrogens (tertiary/aromatic N) is 1. The molecule has 2 heteroatoms. The van der Waals surface area contributed by atoms with Crippen molar-refractivity contribution in [2.24, 2.45) is 0 Å². The third kappa shape index (κ3) is 10.7. The summed E-state index contributed by atoms with van der Waals surface area (Å²) in [6.07, 6.45) is 17.9. The molecule has 0 unspecified atom stereocenters. The summed E-state index contributed by atoms with van der Waals surface area (Å²) in [5.74, 6) is 0.201.